The van der Waals surface area contributed by atoms with Gasteiger partial charge in [-0.25, -0.2) is 4.39 Å². The van der Waals surface area contributed by atoms with E-state index < -0.39 is 11.7 Å². The van der Waals surface area contributed by atoms with Crippen LogP contribution < -0.4 is 14.5 Å². The molecule has 0 saturated carbocycles. The molecule has 2 aliphatic heterocycles. The highest BCUT2D eigenvalue weighted by molar-refractivity contribution is 6.04. The number of fused-ring (bicyclic) bond motifs is 1. The van der Waals surface area contributed by atoms with Crippen molar-refractivity contribution in [3.63, 3.8) is 0 Å². The number of benzene rings is 2. The number of rotatable bonds is 3. The molecule has 0 N–H and O–H groups in total. The van der Waals surface area contributed by atoms with Gasteiger partial charge in [0.05, 0.1) is 18.7 Å². The fourth-order valence-corrected chi connectivity index (χ4v) is 3.93. The predicted octanol–water partition coefficient (Wildman–Crippen LogP) is 3.17. The maximum Gasteiger partial charge on any atom is 0.232 e. The first kappa shape index (κ1) is 17.5. The lowest BCUT2D eigenvalue weighted by Gasteiger charge is -2.31. The Morgan fingerprint density at radius 3 is 2.78 bits per heavy atom. The van der Waals surface area contributed by atoms with Crippen LogP contribution in [-0.2, 0) is 16.0 Å². The van der Waals surface area contributed by atoms with Crippen LogP contribution >= 0.6 is 0 Å². The molecule has 0 aromatic heterocycles. The number of hydrogen-bond acceptors (Lipinski definition) is 3. The third kappa shape index (κ3) is 3.16. The van der Waals surface area contributed by atoms with Crippen LogP contribution in [-0.4, -0.2) is 32.0 Å². The summed E-state index contributed by atoms with van der Waals surface area (Å²) in [5.41, 5.74) is 2.19. The van der Waals surface area contributed by atoms with Gasteiger partial charge in [0.15, 0.2) is 0 Å². The second-order valence-electron chi connectivity index (χ2n) is 6.94. The van der Waals surface area contributed by atoms with Crippen LogP contribution in [0, 0.1) is 11.7 Å². The van der Waals surface area contributed by atoms with Gasteiger partial charge in [-0.15, -0.1) is 0 Å². The van der Waals surface area contributed by atoms with Gasteiger partial charge in [0.2, 0.25) is 11.8 Å². The number of carbonyl (C=O) groups is 2. The number of aryl methyl sites for hydroxylation is 1. The molecule has 4 rings (SSSR count). The summed E-state index contributed by atoms with van der Waals surface area (Å²) in [5, 5.41) is 0. The molecule has 5 nitrogen and oxygen atoms in total. The first-order valence-electron chi connectivity index (χ1n) is 9.11. The Labute approximate surface area is 157 Å². The van der Waals surface area contributed by atoms with Gasteiger partial charge >= 0.3 is 0 Å². The van der Waals surface area contributed by atoms with Gasteiger partial charge in [-0.2, -0.15) is 0 Å². The van der Waals surface area contributed by atoms with E-state index >= 15 is 0 Å². The molecule has 0 radical (unpaired) electrons. The van der Waals surface area contributed by atoms with Crippen LogP contribution in [0.15, 0.2) is 42.5 Å². The average molecular weight is 368 g/mol. The van der Waals surface area contributed by atoms with Crippen molar-refractivity contribution in [1.82, 2.24) is 0 Å². The highest BCUT2D eigenvalue weighted by atomic mass is 19.1. The zero-order chi connectivity index (χ0) is 19.0. The van der Waals surface area contributed by atoms with Gasteiger partial charge in [-0.1, -0.05) is 12.1 Å². The summed E-state index contributed by atoms with van der Waals surface area (Å²) in [6, 6.07) is 11.9. The standard InChI is InChI=1S/C21H21FN2O3/c1-27-16-8-9-18-14(11-16)5-4-10-23(18)21(26)15-12-20(25)24(13-15)19-7-3-2-6-17(19)22/h2-3,6-9,11,15H,4-5,10,12-13H2,1H3. The van der Waals surface area contributed by atoms with Crippen molar-refractivity contribution in [3.05, 3.63) is 53.8 Å². The Hall–Kier alpha value is -2.89. The molecule has 2 aromatic carbocycles. The number of halogens is 1. The first-order chi connectivity index (χ1) is 13.1. The molecule has 2 aromatic rings. The van der Waals surface area contributed by atoms with E-state index in [0.29, 0.717) is 6.54 Å². The molecular formula is C21H21FN2O3. The van der Waals surface area contributed by atoms with E-state index in [4.69, 9.17) is 4.74 Å². The SMILES string of the molecule is COc1ccc2c(c1)CCCN2C(=O)C1CC(=O)N(c2ccccc2F)C1. The van der Waals surface area contributed by atoms with Gasteiger partial charge in [0.1, 0.15) is 11.6 Å². The summed E-state index contributed by atoms with van der Waals surface area (Å²) in [4.78, 5) is 28.7. The summed E-state index contributed by atoms with van der Waals surface area (Å²) in [7, 11) is 1.62. The van der Waals surface area contributed by atoms with Gasteiger partial charge < -0.3 is 14.5 Å². The number of ether oxygens (including phenoxy) is 1. The number of hydrogen-bond donors (Lipinski definition) is 0. The zero-order valence-corrected chi connectivity index (χ0v) is 15.2. The largest absolute Gasteiger partial charge is 0.497 e. The van der Waals surface area contributed by atoms with Crippen LogP contribution in [0.4, 0.5) is 15.8 Å². The minimum atomic E-state index is -0.467. The molecule has 0 spiro atoms. The molecule has 27 heavy (non-hydrogen) atoms. The van der Waals surface area contributed by atoms with E-state index in [1.54, 1.807) is 30.2 Å². The molecule has 0 aliphatic carbocycles. The molecule has 2 amide bonds. The lowest BCUT2D eigenvalue weighted by atomic mass is 9.98. The second kappa shape index (κ2) is 7.02. The van der Waals surface area contributed by atoms with Crippen molar-refractivity contribution in [1.29, 1.82) is 0 Å². The van der Waals surface area contributed by atoms with Crippen molar-refractivity contribution < 1.29 is 18.7 Å². The molecule has 0 bridgehead atoms. The van der Waals surface area contributed by atoms with Crippen LogP contribution in [0.2, 0.25) is 0 Å². The van der Waals surface area contributed by atoms with E-state index in [1.807, 2.05) is 18.2 Å². The second-order valence-corrected chi connectivity index (χ2v) is 6.94. The van der Waals surface area contributed by atoms with Crippen LogP contribution in [0.25, 0.3) is 0 Å². The van der Waals surface area contributed by atoms with Crippen LogP contribution in [0.3, 0.4) is 0 Å². The highest BCUT2D eigenvalue weighted by Crippen LogP contribution is 2.34. The first-order valence-corrected chi connectivity index (χ1v) is 9.11. The summed E-state index contributed by atoms with van der Waals surface area (Å²) in [6.07, 6.45) is 1.86. The van der Waals surface area contributed by atoms with Gasteiger partial charge in [0, 0.05) is 25.2 Å². The normalized spacial score (nSPS) is 19.2. The number of carbonyl (C=O) groups excluding carboxylic acids is 2. The molecule has 140 valence electrons. The zero-order valence-electron chi connectivity index (χ0n) is 15.2. The summed E-state index contributed by atoms with van der Waals surface area (Å²) < 4.78 is 19.3. The van der Waals surface area contributed by atoms with Crippen molar-refractivity contribution in [2.24, 2.45) is 5.92 Å². The topological polar surface area (TPSA) is 49.9 Å². The Balaban J connectivity index is 1.56. The molecule has 2 heterocycles. The van der Waals surface area contributed by atoms with Gasteiger partial charge in [-0.05, 0) is 48.7 Å². The number of amides is 2. The third-order valence-corrected chi connectivity index (χ3v) is 5.29. The minimum Gasteiger partial charge on any atom is -0.497 e. The smallest absolute Gasteiger partial charge is 0.232 e. The van der Waals surface area contributed by atoms with Crippen molar-refractivity contribution in [3.8, 4) is 5.75 Å². The maximum absolute atomic E-state index is 14.1. The number of methoxy groups -OCH3 is 1. The summed E-state index contributed by atoms with van der Waals surface area (Å²) in [5.74, 6) is -0.442. The summed E-state index contributed by atoms with van der Waals surface area (Å²) in [6.45, 7) is 0.836. The molecule has 1 fully saturated rings. The van der Waals surface area contributed by atoms with E-state index in [1.165, 1.54) is 11.0 Å². The number of para-hydroxylation sites is 1. The molecule has 1 atom stereocenters. The Bertz CT molecular complexity index is 899. The van der Waals surface area contributed by atoms with Crippen LogP contribution in [0.1, 0.15) is 18.4 Å². The Morgan fingerprint density at radius 1 is 1.19 bits per heavy atom. The average Bonchev–Trinajstić information content (AvgIpc) is 3.08. The van der Waals surface area contributed by atoms with E-state index in [-0.39, 0.29) is 30.5 Å². The van der Waals surface area contributed by atoms with Crippen LogP contribution in [0.5, 0.6) is 5.75 Å². The monoisotopic (exact) mass is 368 g/mol. The molecular weight excluding hydrogens is 347 g/mol. The lowest BCUT2D eigenvalue weighted by Crippen LogP contribution is -2.40. The fourth-order valence-electron chi connectivity index (χ4n) is 3.93. The number of nitrogens with zero attached hydrogens (tertiary/aromatic N) is 2. The van der Waals surface area contributed by atoms with Crippen molar-refractivity contribution in [2.45, 2.75) is 19.3 Å². The van der Waals surface area contributed by atoms with Crippen molar-refractivity contribution in [2.75, 3.05) is 30.0 Å². The van der Waals surface area contributed by atoms with Gasteiger partial charge in [-0.3, -0.25) is 9.59 Å². The Morgan fingerprint density at radius 2 is 2.00 bits per heavy atom. The molecule has 2 aliphatic rings. The van der Waals surface area contributed by atoms with E-state index in [9.17, 15) is 14.0 Å². The van der Waals surface area contributed by atoms with Gasteiger partial charge in [0.25, 0.3) is 0 Å². The number of anilines is 2. The molecule has 6 heteroatoms. The summed E-state index contributed by atoms with van der Waals surface area (Å²) >= 11 is 0. The maximum atomic E-state index is 14.1. The lowest BCUT2D eigenvalue weighted by molar-refractivity contribution is -0.124. The predicted molar refractivity (Wildman–Crippen MR) is 101 cm³/mol. The minimum absolute atomic E-state index is 0.0756. The van der Waals surface area contributed by atoms with Crippen molar-refractivity contribution >= 4 is 23.2 Å². The van der Waals surface area contributed by atoms with E-state index in [2.05, 4.69) is 0 Å². The fraction of sp³-hybridized carbons (Fsp3) is 0.333. The molecule has 1 saturated heterocycles. The molecule has 1 unspecified atom stereocenters. The quantitative estimate of drug-likeness (QED) is 0.836. The Kier molecular flexibility index (Phi) is 4.56. The van der Waals surface area contributed by atoms with E-state index in [0.717, 1.165) is 29.8 Å². The third-order valence-electron chi connectivity index (χ3n) is 5.29. The highest BCUT2D eigenvalue weighted by Gasteiger charge is 2.39.